The molecule has 0 saturated carbocycles. The fourth-order valence-corrected chi connectivity index (χ4v) is 6.10. The van der Waals surface area contributed by atoms with E-state index in [2.05, 4.69) is 20.9 Å². The number of nitrogens with zero attached hydrogens (tertiary/aromatic N) is 5. The van der Waals surface area contributed by atoms with E-state index in [1.165, 1.54) is 0 Å². The second-order valence-corrected chi connectivity index (χ2v) is 10.8. The van der Waals surface area contributed by atoms with Crippen LogP contribution < -0.4 is 4.74 Å². The minimum atomic E-state index is -0.251. The molecule has 2 aromatic carbocycles. The van der Waals surface area contributed by atoms with Crippen LogP contribution in [0.3, 0.4) is 0 Å². The summed E-state index contributed by atoms with van der Waals surface area (Å²) < 4.78 is 11.3. The zero-order valence-electron chi connectivity index (χ0n) is 23.0. The van der Waals surface area contributed by atoms with E-state index < -0.39 is 0 Å². The van der Waals surface area contributed by atoms with Gasteiger partial charge in [-0.2, -0.15) is 0 Å². The summed E-state index contributed by atoms with van der Waals surface area (Å²) in [5, 5.41) is 1.87. The number of piperazine rings is 1. The Bertz CT molecular complexity index is 1710. The van der Waals surface area contributed by atoms with Gasteiger partial charge < -0.3 is 19.4 Å². The molecule has 5 aromatic rings. The van der Waals surface area contributed by atoms with Gasteiger partial charge in [-0.15, -0.1) is 0 Å². The Balaban J connectivity index is 1.25. The summed E-state index contributed by atoms with van der Waals surface area (Å²) >= 11 is 0. The number of methoxy groups -OCH3 is 1. The summed E-state index contributed by atoms with van der Waals surface area (Å²) in [6.07, 6.45) is 4.61. The van der Waals surface area contributed by atoms with Crippen molar-refractivity contribution in [3.8, 4) is 17.1 Å². The quantitative estimate of drug-likeness (QED) is 0.328. The molecule has 0 aliphatic carbocycles. The van der Waals surface area contributed by atoms with Crippen molar-refractivity contribution in [2.75, 3.05) is 46.5 Å². The third-order valence-corrected chi connectivity index (χ3v) is 8.23. The molecule has 9 heteroatoms. The molecule has 2 fully saturated rings. The van der Waals surface area contributed by atoms with Crippen molar-refractivity contribution in [1.82, 2.24) is 29.7 Å². The van der Waals surface area contributed by atoms with Gasteiger partial charge in [0.15, 0.2) is 0 Å². The van der Waals surface area contributed by atoms with Crippen LogP contribution in [0.2, 0.25) is 0 Å². The largest absolute Gasteiger partial charge is 0.480 e. The number of rotatable bonds is 6. The number of amides is 1. The predicted octanol–water partition coefficient (Wildman–Crippen LogP) is 4.72. The predicted molar refractivity (Wildman–Crippen MR) is 157 cm³/mol. The number of para-hydroxylation sites is 2. The number of carbonyl (C=O) groups is 1. The normalized spacial score (nSPS) is 19.7. The lowest BCUT2D eigenvalue weighted by Gasteiger charge is -2.41. The van der Waals surface area contributed by atoms with Crippen LogP contribution in [0.5, 0.6) is 5.88 Å². The number of nitrogens with one attached hydrogen (secondary N) is 1. The molecule has 2 saturated heterocycles. The van der Waals surface area contributed by atoms with Crippen molar-refractivity contribution in [2.45, 2.75) is 12.5 Å². The number of fused-ring (bicyclic) bond motifs is 2. The molecule has 5 heterocycles. The summed E-state index contributed by atoms with van der Waals surface area (Å²) in [5.74, 6) is 1.78. The molecule has 3 aromatic heterocycles. The van der Waals surface area contributed by atoms with Crippen LogP contribution in [-0.4, -0.2) is 82.1 Å². The minimum Gasteiger partial charge on any atom is -0.480 e. The molecule has 0 spiro atoms. The second-order valence-electron chi connectivity index (χ2n) is 10.8. The lowest BCUT2D eigenvalue weighted by Crippen LogP contribution is -2.52. The summed E-state index contributed by atoms with van der Waals surface area (Å²) in [7, 11) is 1.63. The van der Waals surface area contributed by atoms with Crippen LogP contribution in [0.1, 0.15) is 28.6 Å². The Morgan fingerprint density at radius 1 is 1.07 bits per heavy atom. The van der Waals surface area contributed by atoms with Crippen LogP contribution in [0.4, 0.5) is 0 Å². The van der Waals surface area contributed by atoms with Crippen molar-refractivity contribution in [3.63, 3.8) is 0 Å². The van der Waals surface area contributed by atoms with Crippen molar-refractivity contribution >= 4 is 27.7 Å². The van der Waals surface area contributed by atoms with Crippen molar-refractivity contribution < 1.29 is 14.3 Å². The third-order valence-electron chi connectivity index (χ3n) is 8.23. The molecular weight excluding hydrogens is 516 g/mol. The number of ether oxygens (including phenoxy) is 2. The molecule has 41 heavy (non-hydrogen) atoms. The maximum Gasteiger partial charge on any atom is 0.255 e. The first kappa shape index (κ1) is 25.6. The summed E-state index contributed by atoms with van der Waals surface area (Å²) in [6.45, 7) is 4.66. The Morgan fingerprint density at radius 3 is 2.78 bits per heavy atom. The molecule has 9 nitrogen and oxygen atoms in total. The maximum atomic E-state index is 14.2. The maximum absolute atomic E-state index is 14.2. The Hall–Kier alpha value is -4.34. The topological polar surface area (TPSA) is 96.5 Å². The van der Waals surface area contributed by atoms with Gasteiger partial charge in [-0.1, -0.05) is 36.4 Å². The van der Waals surface area contributed by atoms with Gasteiger partial charge in [0.2, 0.25) is 5.88 Å². The zero-order valence-corrected chi connectivity index (χ0v) is 23.0. The second kappa shape index (κ2) is 10.9. The molecule has 1 N–H and O–H groups in total. The Labute approximate surface area is 238 Å². The van der Waals surface area contributed by atoms with Crippen molar-refractivity contribution in [1.29, 1.82) is 0 Å². The van der Waals surface area contributed by atoms with Crippen LogP contribution in [0.15, 0.2) is 73.1 Å². The highest BCUT2D eigenvalue weighted by Crippen LogP contribution is 2.34. The van der Waals surface area contributed by atoms with Gasteiger partial charge >= 0.3 is 0 Å². The first-order chi connectivity index (χ1) is 20.2. The fourth-order valence-electron chi connectivity index (χ4n) is 6.10. The number of imidazole rings is 1. The van der Waals surface area contributed by atoms with Crippen LogP contribution in [0.25, 0.3) is 33.1 Å². The molecular formula is C32H32N6O3. The van der Waals surface area contributed by atoms with Gasteiger partial charge in [0.05, 0.1) is 47.8 Å². The van der Waals surface area contributed by atoms with Gasteiger partial charge in [0.25, 0.3) is 5.91 Å². The van der Waals surface area contributed by atoms with Gasteiger partial charge in [0.1, 0.15) is 11.9 Å². The number of pyridine rings is 2. The number of carbonyl (C=O) groups excluding carboxylic acids is 1. The average Bonchev–Trinajstić information content (AvgIpc) is 3.73. The van der Waals surface area contributed by atoms with E-state index in [-0.39, 0.29) is 11.9 Å². The third kappa shape index (κ3) is 4.92. The first-order valence-electron chi connectivity index (χ1n) is 14.1. The fraction of sp³-hybridized carbons (Fsp3) is 0.312. The summed E-state index contributed by atoms with van der Waals surface area (Å²) in [5.41, 5.74) is 3.97. The van der Waals surface area contributed by atoms with Gasteiger partial charge in [0, 0.05) is 49.8 Å². The van der Waals surface area contributed by atoms with E-state index in [9.17, 15) is 4.79 Å². The highest BCUT2D eigenvalue weighted by molar-refractivity contribution is 6.06. The smallest absolute Gasteiger partial charge is 0.255 e. The Kier molecular flexibility index (Phi) is 6.82. The number of aromatic nitrogens is 4. The lowest BCUT2D eigenvalue weighted by molar-refractivity contribution is 0.0395. The van der Waals surface area contributed by atoms with E-state index in [1.54, 1.807) is 13.3 Å². The lowest BCUT2D eigenvalue weighted by atomic mass is 10.0. The average molecular weight is 549 g/mol. The SMILES string of the molecule is COc1nc2ccccc2cc1-c1cnc(C2CN(CC3CCOC3)CCN2C(=O)c2ccnc3ccccc23)[nH]1. The molecule has 1 amide bonds. The van der Waals surface area contributed by atoms with Gasteiger partial charge in [-0.3, -0.25) is 14.7 Å². The standard InChI is InChI=1S/C32H32N6O3/c1-40-31-25(16-22-6-2-4-8-26(22)36-31)28-17-34-30(35-28)29-19-37(18-21-11-15-41-20-21)13-14-38(29)32(39)24-10-12-33-27-9-5-3-7-23(24)27/h2-10,12,16-17,21,29H,11,13-15,18-20H2,1H3,(H,34,35). The number of H-pyrrole nitrogens is 1. The van der Waals surface area contributed by atoms with Crippen LogP contribution in [-0.2, 0) is 4.74 Å². The minimum absolute atomic E-state index is 0.0136. The van der Waals surface area contributed by atoms with Crippen molar-refractivity contribution in [2.24, 2.45) is 5.92 Å². The van der Waals surface area contributed by atoms with E-state index in [0.29, 0.717) is 30.5 Å². The Morgan fingerprint density at radius 2 is 1.93 bits per heavy atom. The number of benzene rings is 2. The molecule has 2 aliphatic rings. The highest BCUT2D eigenvalue weighted by atomic mass is 16.5. The van der Waals surface area contributed by atoms with Gasteiger partial charge in [-0.05, 0) is 36.6 Å². The number of hydrogen-bond donors (Lipinski definition) is 1. The number of hydrogen-bond acceptors (Lipinski definition) is 7. The zero-order chi connectivity index (χ0) is 27.8. The molecule has 2 aliphatic heterocycles. The summed E-state index contributed by atoms with van der Waals surface area (Å²) in [4.78, 5) is 36.1. The van der Waals surface area contributed by atoms with E-state index in [0.717, 1.165) is 71.6 Å². The van der Waals surface area contributed by atoms with E-state index in [1.807, 2.05) is 65.7 Å². The molecule has 208 valence electrons. The van der Waals surface area contributed by atoms with E-state index in [4.69, 9.17) is 19.4 Å². The van der Waals surface area contributed by atoms with Crippen LogP contribution >= 0.6 is 0 Å². The van der Waals surface area contributed by atoms with Crippen molar-refractivity contribution in [3.05, 3.63) is 84.4 Å². The molecule has 0 bridgehead atoms. The molecule has 2 atom stereocenters. The monoisotopic (exact) mass is 548 g/mol. The van der Waals surface area contributed by atoms with E-state index >= 15 is 0 Å². The van der Waals surface area contributed by atoms with Crippen LogP contribution in [0, 0.1) is 5.92 Å². The molecule has 0 radical (unpaired) electrons. The highest BCUT2D eigenvalue weighted by Gasteiger charge is 2.35. The summed E-state index contributed by atoms with van der Waals surface area (Å²) in [6, 6.07) is 19.4. The first-order valence-corrected chi connectivity index (χ1v) is 14.1. The van der Waals surface area contributed by atoms with Gasteiger partial charge in [-0.25, -0.2) is 9.97 Å². The molecule has 2 unspecified atom stereocenters. The number of aromatic amines is 1. The molecule has 7 rings (SSSR count).